The first-order chi connectivity index (χ1) is 15.6. The van der Waals surface area contributed by atoms with Gasteiger partial charge in [-0.3, -0.25) is 0 Å². The Balaban J connectivity index is 1.52. The SMILES string of the molecule is CCCCCCCOc1ccc(-c2ccc(COc3ccc(C#N)c(F)c3F)cc2)cc1. The summed E-state index contributed by atoms with van der Waals surface area (Å²) in [7, 11) is 0. The van der Waals surface area contributed by atoms with E-state index in [0.29, 0.717) is 0 Å². The first-order valence-electron chi connectivity index (χ1n) is 11.0. The standard InChI is InChI=1S/C27H27F2NO2/c1-2-3-4-5-6-17-31-24-14-11-22(12-15-24)21-9-7-20(8-10-21)19-32-25-16-13-23(18-30)26(28)27(25)29/h7-16H,2-6,17,19H2,1H3. The summed E-state index contributed by atoms with van der Waals surface area (Å²) in [4.78, 5) is 0. The van der Waals surface area contributed by atoms with Crippen molar-refractivity contribution >= 4 is 0 Å². The van der Waals surface area contributed by atoms with Crippen molar-refractivity contribution in [2.75, 3.05) is 6.61 Å². The van der Waals surface area contributed by atoms with Crippen molar-refractivity contribution in [3.63, 3.8) is 0 Å². The molecular formula is C27H27F2NO2. The number of hydrogen-bond acceptors (Lipinski definition) is 3. The van der Waals surface area contributed by atoms with Crippen molar-refractivity contribution in [1.82, 2.24) is 0 Å². The third kappa shape index (κ3) is 6.31. The Labute approximate surface area is 188 Å². The van der Waals surface area contributed by atoms with Gasteiger partial charge in [0.05, 0.1) is 12.2 Å². The molecule has 0 unspecified atom stereocenters. The Morgan fingerprint density at radius 2 is 1.41 bits per heavy atom. The van der Waals surface area contributed by atoms with Gasteiger partial charge in [-0.2, -0.15) is 9.65 Å². The fraction of sp³-hybridized carbons (Fsp3) is 0.296. The zero-order valence-electron chi connectivity index (χ0n) is 18.2. The molecule has 3 rings (SSSR count). The van der Waals surface area contributed by atoms with Crippen LogP contribution in [0.2, 0.25) is 0 Å². The van der Waals surface area contributed by atoms with Crippen LogP contribution < -0.4 is 9.47 Å². The highest BCUT2D eigenvalue weighted by atomic mass is 19.2. The number of unbranched alkanes of at least 4 members (excludes halogenated alkanes) is 4. The lowest BCUT2D eigenvalue weighted by Gasteiger charge is -2.10. The molecule has 0 fully saturated rings. The average Bonchev–Trinajstić information content (AvgIpc) is 2.83. The van der Waals surface area contributed by atoms with Crippen molar-refractivity contribution in [3.8, 4) is 28.7 Å². The lowest BCUT2D eigenvalue weighted by Crippen LogP contribution is -2.00. The number of hydrogen-bond donors (Lipinski definition) is 0. The highest BCUT2D eigenvalue weighted by molar-refractivity contribution is 5.64. The molecule has 0 N–H and O–H groups in total. The Hall–Kier alpha value is -3.39. The Morgan fingerprint density at radius 1 is 0.750 bits per heavy atom. The molecule has 3 nitrogen and oxygen atoms in total. The summed E-state index contributed by atoms with van der Waals surface area (Å²) in [6, 6.07) is 19.7. The van der Waals surface area contributed by atoms with Crippen molar-refractivity contribution in [1.29, 1.82) is 5.26 Å². The van der Waals surface area contributed by atoms with Gasteiger partial charge in [-0.15, -0.1) is 0 Å². The molecule has 0 aliphatic rings. The fourth-order valence-electron chi connectivity index (χ4n) is 3.32. The minimum Gasteiger partial charge on any atom is -0.494 e. The Bertz CT molecular complexity index is 1040. The number of halogens is 2. The van der Waals surface area contributed by atoms with Gasteiger partial charge in [0.15, 0.2) is 11.6 Å². The van der Waals surface area contributed by atoms with Gasteiger partial charge in [-0.05, 0) is 47.4 Å². The van der Waals surface area contributed by atoms with Crippen LogP contribution in [0.15, 0.2) is 60.7 Å². The van der Waals surface area contributed by atoms with E-state index in [0.717, 1.165) is 35.5 Å². The van der Waals surface area contributed by atoms with E-state index in [4.69, 9.17) is 14.7 Å². The molecule has 0 radical (unpaired) electrons. The molecule has 3 aromatic carbocycles. The topological polar surface area (TPSA) is 42.2 Å². The number of ether oxygens (including phenoxy) is 2. The van der Waals surface area contributed by atoms with Gasteiger partial charge in [0.1, 0.15) is 18.4 Å². The number of nitriles is 1. The third-order valence-electron chi connectivity index (χ3n) is 5.22. The lowest BCUT2D eigenvalue weighted by atomic mass is 10.0. The highest BCUT2D eigenvalue weighted by Gasteiger charge is 2.14. The van der Waals surface area contributed by atoms with Crippen molar-refractivity contribution < 1.29 is 18.3 Å². The zero-order valence-corrected chi connectivity index (χ0v) is 18.2. The Morgan fingerprint density at radius 3 is 2.06 bits per heavy atom. The lowest BCUT2D eigenvalue weighted by molar-refractivity contribution is 0.284. The molecule has 5 heteroatoms. The molecular weight excluding hydrogens is 408 g/mol. The van der Waals surface area contributed by atoms with Crippen molar-refractivity contribution in [2.24, 2.45) is 0 Å². The average molecular weight is 436 g/mol. The molecule has 0 heterocycles. The third-order valence-corrected chi connectivity index (χ3v) is 5.22. The van der Waals surface area contributed by atoms with Crippen LogP contribution in [0.3, 0.4) is 0 Å². The quantitative estimate of drug-likeness (QED) is 0.294. The van der Waals surface area contributed by atoms with Crippen LogP contribution in [0.4, 0.5) is 8.78 Å². The summed E-state index contributed by atoms with van der Waals surface area (Å²) < 4.78 is 38.9. The van der Waals surface area contributed by atoms with Gasteiger partial charge in [-0.25, -0.2) is 4.39 Å². The molecule has 0 amide bonds. The van der Waals surface area contributed by atoms with Crippen LogP contribution in [0, 0.1) is 23.0 Å². The van der Waals surface area contributed by atoms with Crippen LogP contribution in [-0.2, 0) is 6.61 Å². The highest BCUT2D eigenvalue weighted by Crippen LogP contribution is 2.25. The summed E-state index contributed by atoms with van der Waals surface area (Å²) >= 11 is 0. The van der Waals surface area contributed by atoms with Gasteiger partial charge in [0.2, 0.25) is 5.82 Å². The van der Waals surface area contributed by atoms with E-state index >= 15 is 0 Å². The molecule has 0 saturated carbocycles. The fourth-order valence-corrected chi connectivity index (χ4v) is 3.32. The van der Waals surface area contributed by atoms with E-state index in [1.54, 1.807) is 6.07 Å². The molecule has 0 spiro atoms. The van der Waals surface area contributed by atoms with Crippen LogP contribution in [0.1, 0.15) is 50.2 Å². The predicted molar refractivity (Wildman–Crippen MR) is 122 cm³/mol. The summed E-state index contributed by atoms with van der Waals surface area (Å²) in [5, 5.41) is 8.75. The van der Waals surface area contributed by atoms with E-state index in [9.17, 15) is 8.78 Å². The number of rotatable bonds is 11. The minimum atomic E-state index is -1.19. The van der Waals surface area contributed by atoms with Crippen molar-refractivity contribution in [3.05, 3.63) is 83.4 Å². The first-order valence-corrected chi connectivity index (χ1v) is 11.0. The maximum Gasteiger partial charge on any atom is 0.202 e. The summed E-state index contributed by atoms with van der Waals surface area (Å²) in [6.07, 6.45) is 6.06. The smallest absolute Gasteiger partial charge is 0.202 e. The molecule has 0 aliphatic heterocycles. The van der Waals surface area contributed by atoms with Crippen LogP contribution in [-0.4, -0.2) is 6.61 Å². The van der Waals surface area contributed by atoms with E-state index < -0.39 is 11.6 Å². The molecule has 166 valence electrons. The molecule has 0 aliphatic carbocycles. The second-order valence-electron chi connectivity index (χ2n) is 7.62. The molecule has 3 aromatic rings. The summed E-state index contributed by atoms with van der Waals surface area (Å²) in [6.45, 7) is 3.04. The van der Waals surface area contributed by atoms with Gasteiger partial charge >= 0.3 is 0 Å². The first kappa shape index (κ1) is 23.3. The summed E-state index contributed by atoms with van der Waals surface area (Å²) in [5.74, 6) is -1.69. The largest absolute Gasteiger partial charge is 0.494 e. The van der Waals surface area contributed by atoms with Crippen molar-refractivity contribution in [2.45, 2.75) is 45.6 Å². The van der Waals surface area contributed by atoms with Crippen LogP contribution in [0.5, 0.6) is 11.5 Å². The van der Waals surface area contributed by atoms with Gasteiger partial charge < -0.3 is 9.47 Å². The molecule has 0 bridgehead atoms. The van der Waals surface area contributed by atoms with Crippen LogP contribution >= 0.6 is 0 Å². The summed E-state index contributed by atoms with van der Waals surface area (Å²) in [5.41, 5.74) is 2.58. The monoisotopic (exact) mass is 435 g/mol. The second-order valence-corrected chi connectivity index (χ2v) is 7.62. The second kappa shape index (κ2) is 11.9. The van der Waals surface area contributed by atoms with Gasteiger partial charge in [0.25, 0.3) is 0 Å². The van der Waals surface area contributed by atoms with Crippen LogP contribution in [0.25, 0.3) is 11.1 Å². The number of nitrogens with zero attached hydrogens (tertiary/aromatic N) is 1. The molecule has 0 atom stereocenters. The van der Waals surface area contributed by atoms with Gasteiger partial charge in [-0.1, -0.05) is 69.0 Å². The predicted octanol–water partition coefficient (Wildman–Crippen LogP) is 7.43. The normalized spacial score (nSPS) is 10.6. The van der Waals surface area contributed by atoms with E-state index in [-0.39, 0.29) is 17.9 Å². The zero-order chi connectivity index (χ0) is 22.8. The Kier molecular flexibility index (Phi) is 8.62. The maximum absolute atomic E-state index is 14.0. The van der Waals surface area contributed by atoms with E-state index in [2.05, 4.69) is 6.92 Å². The number of benzene rings is 3. The molecule has 32 heavy (non-hydrogen) atoms. The van der Waals surface area contributed by atoms with E-state index in [1.165, 1.54) is 37.8 Å². The minimum absolute atomic E-state index is 0.0908. The molecule has 0 saturated heterocycles. The maximum atomic E-state index is 14.0. The molecule has 0 aromatic heterocycles. The van der Waals surface area contributed by atoms with Gasteiger partial charge in [0, 0.05) is 0 Å². The van der Waals surface area contributed by atoms with E-state index in [1.807, 2.05) is 48.5 Å².